The molecule has 0 spiro atoms. The van der Waals surface area contributed by atoms with Crippen molar-refractivity contribution in [1.29, 1.82) is 0 Å². The summed E-state index contributed by atoms with van der Waals surface area (Å²) in [5, 5.41) is 18.8. The molecule has 0 saturated heterocycles. The maximum Gasteiger partial charge on any atom is 0.407 e. The van der Waals surface area contributed by atoms with Gasteiger partial charge >= 0.3 is 12.1 Å². The third kappa shape index (κ3) is 14.7. The predicted molar refractivity (Wildman–Crippen MR) is 260 cm³/mol. The number of nitrogens with one attached hydrogen (secondary N) is 3. The number of ether oxygens (including phenoxy) is 3. The van der Waals surface area contributed by atoms with Crippen LogP contribution in [0.15, 0.2) is 159 Å². The van der Waals surface area contributed by atoms with Crippen molar-refractivity contribution < 1.29 is 38.5 Å². The first-order chi connectivity index (χ1) is 32.2. The average molecular weight is 910 g/mol. The molecule has 11 nitrogen and oxygen atoms in total. The summed E-state index contributed by atoms with van der Waals surface area (Å²) in [7, 11) is 0. The Labute approximate surface area is 392 Å². The van der Waals surface area contributed by atoms with E-state index >= 15 is 0 Å². The van der Waals surface area contributed by atoms with E-state index in [0.29, 0.717) is 36.7 Å². The second-order valence-electron chi connectivity index (χ2n) is 16.2. The Morgan fingerprint density at radius 2 is 1.33 bits per heavy atom. The molecule has 1 aliphatic carbocycles. The fraction of sp³-hybridized carbons (Fsp3) is 0.296. The zero-order valence-corrected chi connectivity index (χ0v) is 38.0. The number of aliphatic hydroxyl groups excluding tert-OH is 1. The van der Waals surface area contributed by atoms with Crippen LogP contribution in [0.4, 0.5) is 4.79 Å². The summed E-state index contributed by atoms with van der Waals surface area (Å²) in [5.41, 5.74) is 7.39. The highest BCUT2D eigenvalue weighted by Gasteiger charge is 2.31. The van der Waals surface area contributed by atoms with Gasteiger partial charge in [-0.05, 0) is 76.8 Å². The number of aliphatic hydroxyl groups is 1. The van der Waals surface area contributed by atoms with Crippen molar-refractivity contribution in [3.63, 3.8) is 0 Å². The van der Waals surface area contributed by atoms with Gasteiger partial charge in [-0.15, -0.1) is 13.2 Å². The summed E-state index contributed by atoms with van der Waals surface area (Å²) in [6, 6.07) is 41.1. The normalized spacial score (nSPS) is 13.4. The summed E-state index contributed by atoms with van der Waals surface area (Å²) in [6.07, 6.45) is 3.57. The van der Waals surface area contributed by atoms with Gasteiger partial charge in [0.15, 0.2) is 0 Å². The molecule has 0 bridgehead atoms. The number of esters is 1. The van der Waals surface area contributed by atoms with Crippen molar-refractivity contribution in [3.8, 4) is 16.9 Å². The number of benzene rings is 5. The van der Waals surface area contributed by atoms with Crippen molar-refractivity contribution in [3.05, 3.63) is 187 Å². The molecule has 6 rings (SSSR count). The van der Waals surface area contributed by atoms with Gasteiger partial charge in [-0.2, -0.15) is 11.8 Å². The number of hydrogen-bond acceptors (Lipinski definition) is 9. The van der Waals surface area contributed by atoms with Crippen LogP contribution in [0.3, 0.4) is 0 Å². The van der Waals surface area contributed by atoms with Gasteiger partial charge in [-0.3, -0.25) is 9.59 Å². The van der Waals surface area contributed by atoms with Crippen LogP contribution in [0.1, 0.15) is 59.4 Å². The monoisotopic (exact) mass is 909 g/mol. The maximum atomic E-state index is 13.9. The van der Waals surface area contributed by atoms with Gasteiger partial charge in [-0.25, -0.2) is 9.59 Å². The number of rotatable bonds is 26. The Hall–Kier alpha value is -6.63. The molecule has 4 atom stereocenters. The van der Waals surface area contributed by atoms with Crippen LogP contribution in [-0.2, 0) is 42.6 Å². The lowest BCUT2D eigenvalue weighted by atomic mass is 9.98. The molecule has 5 aromatic rings. The molecular formula is C54H59N3O8S. The number of carbonyl (C=O) groups excluding carboxylic acids is 4. The number of fused-ring (bicyclic) bond motifs is 3. The van der Waals surface area contributed by atoms with Crippen molar-refractivity contribution in [1.82, 2.24) is 16.0 Å². The van der Waals surface area contributed by atoms with Crippen LogP contribution in [0.5, 0.6) is 5.75 Å². The van der Waals surface area contributed by atoms with Crippen LogP contribution in [0, 0.1) is 5.92 Å². The van der Waals surface area contributed by atoms with E-state index in [4.69, 9.17) is 14.2 Å². The molecule has 0 heterocycles. The van der Waals surface area contributed by atoms with Crippen LogP contribution < -0.4 is 20.7 Å². The zero-order chi connectivity index (χ0) is 46.5. The largest absolute Gasteiger partial charge is 0.489 e. The van der Waals surface area contributed by atoms with E-state index in [1.165, 1.54) is 0 Å². The minimum absolute atomic E-state index is 0.0833. The highest BCUT2D eigenvalue weighted by atomic mass is 32.2. The molecule has 66 heavy (non-hydrogen) atoms. The quantitative estimate of drug-likeness (QED) is 0.0316. The molecule has 0 unspecified atom stereocenters. The van der Waals surface area contributed by atoms with Crippen molar-refractivity contribution in [2.45, 2.75) is 68.5 Å². The highest BCUT2D eigenvalue weighted by molar-refractivity contribution is 7.98. The van der Waals surface area contributed by atoms with E-state index in [-0.39, 0.29) is 45.0 Å². The van der Waals surface area contributed by atoms with E-state index in [0.717, 1.165) is 38.9 Å². The first-order valence-corrected chi connectivity index (χ1v) is 23.5. The molecule has 0 fully saturated rings. The molecule has 0 saturated carbocycles. The molecule has 12 heteroatoms. The molecule has 4 N–H and O–H groups in total. The van der Waals surface area contributed by atoms with Crippen molar-refractivity contribution >= 4 is 35.6 Å². The second kappa shape index (κ2) is 25.8. The van der Waals surface area contributed by atoms with Gasteiger partial charge in [0.2, 0.25) is 11.8 Å². The number of carbonyl (C=O) groups is 4. The van der Waals surface area contributed by atoms with Crippen LogP contribution in [0.2, 0.25) is 0 Å². The molecule has 1 aliphatic rings. The number of allylic oxidation sites excluding steroid dienone is 2. The minimum atomic E-state index is -1.03. The fourth-order valence-corrected chi connectivity index (χ4v) is 8.86. The Morgan fingerprint density at radius 3 is 1.97 bits per heavy atom. The average Bonchev–Trinajstić information content (AvgIpc) is 3.67. The first-order valence-electron chi connectivity index (χ1n) is 22.3. The number of alkyl carbamates (subject to hydrolysis) is 1. The molecule has 3 amide bonds. The molecule has 5 aromatic carbocycles. The summed E-state index contributed by atoms with van der Waals surface area (Å²) in [4.78, 5) is 54.2. The number of hydrogen-bond donors (Lipinski definition) is 4. The lowest BCUT2D eigenvalue weighted by molar-refractivity contribution is -0.147. The van der Waals surface area contributed by atoms with Gasteiger partial charge in [0, 0.05) is 23.8 Å². The number of amides is 3. The summed E-state index contributed by atoms with van der Waals surface area (Å²) in [5.74, 6) is -0.670. The van der Waals surface area contributed by atoms with Gasteiger partial charge < -0.3 is 35.3 Å². The molecule has 0 radical (unpaired) electrons. The van der Waals surface area contributed by atoms with E-state index in [1.54, 1.807) is 23.9 Å². The number of thioether (sulfide) groups is 1. The van der Waals surface area contributed by atoms with Crippen LogP contribution in [0.25, 0.3) is 11.1 Å². The summed E-state index contributed by atoms with van der Waals surface area (Å²) in [6.45, 7) is 7.64. The van der Waals surface area contributed by atoms with E-state index < -0.39 is 47.9 Å². The smallest absolute Gasteiger partial charge is 0.407 e. The van der Waals surface area contributed by atoms with E-state index in [9.17, 15) is 24.3 Å². The molecule has 344 valence electrons. The standard InChI is InChI=1S/C54H59N3O8S/c1-3-5-25-50(57-54(62)65-35-49-47-23-14-12-21-45(47)46-22-13-15-24-48(46)49)53(61)64-34-43(37-66-36-40-19-10-7-11-20-40)56-52(60)41(16-4-2)31-51(59)55-42(32-58)30-38-26-28-44(29-27-38)63-33-39-17-8-6-9-18-39/h3-4,6-15,17-24,26-29,41-43,49-50,58H,1-2,5,16,25,30-37H2,(H,55,59)(H,56,60)(H,57,62)/t41-,42-,43+,50-/m0/s1. The van der Waals surface area contributed by atoms with Gasteiger partial charge in [0.25, 0.3) is 0 Å². The molecule has 0 aliphatic heterocycles. The van der Waals surface area contributed by atoms with Gasteiger partial charge in [0.05, 0.1) is 24.6 Å². The third-order valence-corrected chi connectivity index (χ3v) is 12.5. The third-order valence-electron chi connectivity index (χ3n) is 11.3. The Balaban J connectivity index is 1.03. The first kappa shape index (κ1) is 48.8. The Kier molecular flexibility index (Phi) is 19.0. The lowest BCUT2D eigenvalue weighted by Crippen LogP contribution is -2.47. The lowest BCUT2D eigenvalue weighted by Gasteiger charge is -2.24. The minimum Gasteiger partial charge on any atom is -0.489 e. The summed E-state index contributed by atoms with van der Waals surface area (Å²) >= 11 is 1.56. The zero-order valence-electron chi connectivity index (χ0n) is 37.1. The van der Waals surface area contributed by atoms with Gasteiger partial charge in [0.1, 0.15) is 31.6 Å². The van der Waals surface area contributed by atoms with Crippen molar-refractivity contribution in [2.24, 2.45) is 5.92 Å². The highest BCUT2D eigenvalue weighted by Crippen LogP contribution is 2.44. The van der Waals surface area contributed by atoms with Crippen molar-refractivity contribution in [2.75, 3.05) is 25.6 Å². The molecule has 0 aromatic heterocycles. The SMILES string of the molecule is C=CCC[C@H](NC(=O)OCC1c2ccccc2-c2ccccc21)C(=O)OC[C@H](CSCc1ccccc1)NC(=O)[C@@H](CC=C)CC(=O)N[C@H](CO)Cc1ccc(OCc2ccccc2)cc1. The predicted octanol–water partition coefficient (Wildman–Crippen LogP) is 8.70. The fourth-order valence-electron chi connectivity index (χ4n) is 7.85. The topological polar surface area (TPSA) is 152 Å². The Morgan fingerprint density at radius 1 is 0.697 bits per heavy atom. The van der Waals surface area contributed by atoms with E-state index in [2.05, 4.69) is 41.2 Å². The van der Waals surface area contributed by atoms with Crippen LogP contribution >= 0.6 is 11.8 Å². The maximum absolute atomic E-state index is 13.9. The van der Waals surface area contributed by atoms with E-state index in [1.807, 2.05) is 121 Å². The van der Waals surface area contributed by atoms with Gasteiger partial charge in [-0.1, -0.05) is 133 Å². The molecular weight excluding hydrogens is 851 g/mol. The Bertz CT molecular complexity index is 2320. The summed E-state index contributed by atoms with van der Waals surface area (Å²) < 4.78 is 17.4. The van der Waals surface area contributed by atoms with Crippen LogP contribution in [-0.4, -0.2) is 72.7 Å². The second-order valence-corrected chi connectivity index (χ2v) is 17.2.